The number of hydrogen-bond donors (Lipinski definition) is 1. The van der Waals surface area contributed by atoms with Crippen molar-refractivity contribution in [2.24, 2.45) is 5.92 Å². The van der Waals surface area contributed by atoms with Crippen molar-refractivity contribution in [1.29, 1.82) is 0 Å². The predicted octanol–water partition coefficient (Wildman–Crippen LogP) is 3.99. The highest BCUT2D eigenvalue weighted by molar-refractivity contribution is 7.12. The average molecular weight is 343 g/mol. The summed E-state index contributed by atoms with van der Waals surface area (Å²) >= 11 is 1.42. The zero-order valence-electron chi connectivity index (χ0n) is 13.7. The van der Waals surface area contributed by atoms with Crippen LogP contribution in [-0.4, -0.2) is 18.8 Å². The highest BCUT2D eigenvalue weighted by atomic mass is 32.1. The van der Waals surface area contributed by atoms with E-state index in [0.29, 0.717) is 5.92 Å². The molecule has 4 nitrogen and oxygen atoms in total. The van der Waals surface area contributed by atoms with Gasteiger partial charge in [0.15, 0.2) is 5.78 Å². The molecule has 1 aliphatic carbocycles. The number of Topliss-reactive ketones (excluding diaryl/α,β-unsaturated/α-hetero) is 1. The number of amides is 1. The third kappa shape index (κ3) is 4.23. The van der Waals surface area contributed by atoms with Crippen LogP contribution in [-0.2, 0) is 4.79 Å². The van der Waals surface area contributed by atoms with E-state index in [2.05, 4.69) is 5.32 Å². The van der Waals surface area contributed by atoms with E-state index in [-0.39, 0.29) is 30.6 Å². The van der Waals surface area contributed by atoms with E-state index in [1.807, 2.05) is 35.7 Å². The quantitative estimate of drug-likeness (QED) is 0.738. The summed E-state index contributed by atoms with van der Waals surface area (Å²) in [7, 11) is 1.64. The molecule has 1 saturated carbocycles. The molecular formula is C19H21NO3S. The van der Waals surface area contributed by atoms with Gasteiger partial charge in [-0.3, -0.25) is 9.59 Å². The van der Waals surface area contributed by atoms with Crippen molar-refractivity contribution >= 4 is 23.0 Å². The Morgan fingerprint density at radius 3 is 2.54 bits per heavy atom. The van der Waals surface area contributed by atoms with Gasteiger partial charge in [0.25, 0.3) is 0 Å². The van der Waals surface area contributed by atoms with Crippen molar-refractivity contribution in [2.75, 3.05) is 7.11 Å². The largest absolute Gasteiger partial charge is 0.497 e. The Balaban J connectivity index is 1.57. The molecule has 3 rings (SSSR count). The number of rotatable bonds is 8. The number of thiophene rings is 1. The number of hydrogen-bond acceptors (Lipinski definition) is 4. The second-order valence-electron chi connectivity index (χ2n) is 6.06. The molecule has 0 bridgehead atoms. The molecule has 1 aromatic carbocycles. The number of carbonyl (C=O) groups excluding carboxylic acids is 2. The zero-order valence-corrected chi connectivity index (χ0v) is 14.5. The summed E-state index contributed by atoms with van der Waals surface area (Å²) in [6, 6.07) is 11.5. The Morgan fingerprint density at radius 2 is 1.96 bits per heavy atom. The maximum absolute atomic E-state index is 12.3. The first-order chi connectivity index (χ1) is 11.7. The summed E-state index contributed by atoms with van der Waals surface area (Å²) in [5.41, 5.74) is 1.09. The minimum atomic E-state index is -0.0624. The number of carbonyl (C=O) groups is 2. The molecule has 0 spiro atoms. The second-order valence-corrected chi connectivity index (χ2v) is 7.00. The van der Waals surface area contributed by atoms with Gasteiger partial charge >= 0.3 is 0 Å². The van der Waals surface area contributed by atoms with Crippen molar-refractivity contribution in [3.8, 4) is 5.75 Å². The summed E-state index contributed by atoms with van der Waals surface area (Å²) in [4.78, 5) is 25.0. The number of nitrogens with one attached hydrogen (secondary N) is 1. The maximum Gasteiger partial charge on any atom is 0.220 e. The van der Waals surface area contributed by atoms with Crippen molar-refractivity contribution in [1.82, 2.24) is 5.32 Å². The normalized spacial score (nSPS) is 14.9. The molecule has 1 amide bonds. The molecular weight excluding hydrogens is 322 g/mol. The lowest BCUT2D eigenvalue weighted by atomic mass is 10.0. The van der Waals surface area contributed by atoms with E-state index in [9.17, 15) is 9.59 Å². The average Bonchev–Trinajstić information content (AvgIpc) is 3.30. The van der Waals surface area contributed by atoms with Gasteiger partial charge in [-0.05, 0) is 47.9 Å². The van der Waals surface area contributed by atoms with Crippen LogP contribution in [0.25, 0.3) is 0 Å². The van der Waals surface area contributed by atoms with Crippen LogP contribution in [0.2, 0.25) is 0 Å². The van der Waals surface area contributed by atoms with Gasteiger partial charge in [0.1, 0.15) is 5.75 Å². The van der Waals surface area contributed by atoms with Crippen molar-refractivity contribution in [3.05, 3.63) is 52.2 Å². The Bertz CT molecular complexity index is 690. The molecule has 5 heteroatoms. The van der Waals surface area contributed by atoms with Crippen LogP contribution in [0.5, 0.6) is 5.75 Å². The molecule has 0 saturated heterocycles. The standard InChI is InChI=1S/C19H21NO3S/c1-23-15-8-6-14(7-9-15)19(13-4-5-13)20-18(22)11-10-16(21)17-3-2-12-24-17/h2-3,6-9,12-13,19H,4-5,10-11H2,1H3,(H,20,22). The van der Waals surface area contributed by atoms with E-state index in [0.717, 1.165) is 29.0 Å². The Kier molecular flexibility index (Phi) is 5.30. The predicted molar refractivity (Wildman–Crippen MR) is 94.5 cm³/mol. The van der Waals surface area contributed by atoms with Crippen LogP contribution < -0.4 is 10.1 Å². The number of methoxy groups -OCH3 is 1. The Morgan fingerprint density at radius 1 is 1.21 bits per heavy atom. The lowest BCUT2D eigenvalue weighted by molar-refractivity contribution is -0.122. The molecule has 1 heterocycles. The van der Waals surface area contributed by atoms with E-state index < -0.39 is 0 Å². The topological polar surface area (TPSA) is 55.4 Å². The van der Waals surface area contributed by atoms with Crippen LogP contribution in [0.3, 0.4) is 0 Å². The number of ether oxygens (including phenoxy) is 1. The van der Waals surface area contributed by atoms with Crippen LogP contribution in [0.1, 0.15) is 47.0 Å². The molecule has 24 heavy (non-hydrogen) atoms. The van der Waals surface area contributed by atoms with Crippen LogP contribution >= 0.6 is 11.3 Å². The fourth-order valence-corrected chi connectivity index (χ4v) is 3.44. The summed E-state index contributed by atoms with van der Waals surface area (Å²) in [6.07, 6.45) is 2.75. The number of benzene rings is 1. The first-order valence-electron chi connectivity index (χ1n) is 8.17. The molecule has 0 radical (unpaired) electrons. The summed E-state index contributed by atoms with van der Waals surface area (Å²) < 4.78 is 5.18. The molecule has 1 atom stereocenters. The molecule has 1 aliphatic rings. The third-order valence-electron chi connectivity index (χ3n) is 4.26. The van der Waals surface area contributed by atoms with Gasteiger partial charge in [0, 0.05) is 12.8 Å². The van der Waals surface area contributed by atoms with Crippen LogP contribution in [0.15, 0.2) is 41.8 Å². The summed E-state index contributed by atoms with van der Waals surface area (Å²) in [5.74, 6) is 1.27. The van der Waals surface area contributed by atoms with Gasteiger partial charge in [-0.25, -0.2) is 0 Å². The first-order valence-corrected chi connectivity index (χ1v) is 9.05. The molecule has 126 valence electrons. The fraction of sp³-hybridized carbons (Fsp3) is 0.368. The van der Waals surface area contributed by atoms with Gasteiger partial charge in [-0.15, -0.1) is 11.3 Å². The monoisotopic (exact) mass is 343 g/mol. The molecule has 1 N–H and O–H groups in total. The van der Waals surface area contributed by atoms with Gasteiger partial charge < -0.3 is 10.1 Å². The molecule has 0 aliphatic heterocycles. The molecule has 1 fully saturated rings. The molecule has 2 aromatic rings. The Hall–Kier alpha value is -2.14. The van der Waals surface area contributed by atoms with Gasteiger partial charge in [-0.1, -0.05) is 18.2 Å². The van der Waals surface area contributed by atoms with Crippen LogP contribution in [0, 0.1) is 5.92 Å². The van der Waals surface area contributed by atoms with E-state index in [1.54, 1.807) is 13.2 Å². The van der Waals surface area contributed by atoms with Gasteiger partial charge in [0.05, 0.1) is 18.0 Å². The third-order valence-corrected chi connectivity index (χ3v) is 5.17. The van der Waals surface area contributed by atoms with Crippen molar-refractivity contribution < 1.29 is 14.3 Å². The summed E-state index contributed by atoms with van der Waals surface area (Å²) in [6.45, 7) is 0. The van der Waals surface area contributed by atoms with Gasteiger partial charge in [0.2, 0.25) is 5.91 Å². The SMILES string of the molecule is COc1ccc(C(NC(=O)CCC(=O)c2cccs2)C2CC2)cc1. The fourth-order valence-electron chi connectivity index (χ4n) is 2.75. The maximum atomic E-state index is 12.3. The zero-order chi connectivity index (χ0) is 16.9. The highest BCUT2D eigenvalue weighted by Crippen LogP contribution is 2.41. The van der Waals surface area contributed by atoms with E-state index in [4.69, 9.17) is 4.74 Å². The first kappa shape index (κ1) is 16.7. The van der Waals surface area contributed by atoms with Crippen molar-refractivity contribution in [2.45, 2.75) is 31.7 Å². The van der Waals surface area contributed by atoms with E-state index in [1.165, 1.54) is 11.3 Å². The van der Waals surface area contributed by atoms with Crippen molar-refractivity contribution in [3.63, 3.8) is 0 Å². The smallest absolute Gasteiger partial charge is 0.220 e. The molecule has 1 aromatic heterocycles. The highest BCUT2D eigenvalue weighted by Gasteiger charge is 2.33. The Labute approximate surface area is 145 Å². The number of ketones is 1. The molecule has 1 unspecified atom stereocenters. The minimum absolute atomic E-state index is 0.0280. The lowest BCUT2D eigenvalue weighted by Crippen LogP contribution is -2.30. The summed E-state index contributed by atoms with van der Waals surface area (Å²) in [5, 5.41) is 4.98. The van der Waals surface area contributed by atoms with E-state index >= 15 is 0 Å². The van der Waals surface area contributed by atoms with Crippen LogP contribution in [0.4, 0.5) is 0 Å². The minimum Gasteiger partial charge on any atom is -0.497 e. The second kappa shape index (κ2) is 7.62. The lowest BCUT2D eigenvalue weighted by Gasteiger charge is -2.19. The van der Waals surface area contributed by atoms with Gasteiger partial charge in [-0.2, -0.15) is 0 Å².